The van der Waals surface area contributed by atoms with Gasteiger partial charge in [0.1, 0.15) is 12.4 Å². The number of anilines is 2. The molecule has 208 valence electrons. The number of carbonyl (C=O) groups excluding carboxylic acids is 1. The van der Waals surface area contributed by atoms with Gasteiger partial charge in [0.05, 0.1) is 24.9 Å². The molecule has 0 radical (unpaired) electrons. The standard InChI is InChI=1S/C26H33F3N4O5/c1-17-4-5-19(30-24(34)33-7-6-20(15-33)38-26(27,28)29)14-21(17)18-12-22(32-8-10-36-11-9-32)31-23(13-18)37-16-25(2,3)35/h4-5,12-14,20,35H,6-11,15-16H2,1-3H3,(H,30,34)/t20-/m1/s1. The number of carbonyl (C=O) groups is 1. The van der Waals surface area contributed by atoms with E-state index < -0.39 is 24.1 Å². The summed E-state index contributed by atoms with van der Waals surface area (Å²) >= 11 is 0. The summed E-state index contributed by atoms with van der Waals surface area (Å²) in [6.07, 6.45) is -5.70. The summed E-state index contributed by atoms with van der Waals surface area (Å²) in [5.41, 5.74) is 2.03. The molecular weight excluding hydrogens is 505 g/mol. The van der Waals surface area contributed by atoms with Crippen molar-refractivity contribution in [2.75, 3.05) is 56.2 Å². The van der Waals surface area contributed by atoms with Crippen LogP contribution in [-0.4, -0.2) is 85.1 Å². The number of halogens is 3. The summed E-state index contributed by atoms with van der Waals surface area (Å²) in [5, 5.41) is 12.9. The Bertz CT molecular complexity index is 1130. The summed E-state index contributed by atoms with van der Waals surface area (Å²) in [6.45, 7) is 7.82. The normalized spacial score (nSPS) is 18.6. The van der Waals surface area contributed by atoms with Crippen molar-refractivity contribution in [3.8, 4) is 17.0 Å². The van der Waals surface area contributed by atoms with Crippen molar-refractivity contribution >= 4 is 17.5 Å². The zero-order chi connectivity index (χ0) is 27.5. The lowest BCUT2D eigenvalue weighted by Crippen LogP contribution is -2.36. The number of nitrogens with zero attached hydrogens (tertiary/aromatic N) is 3. The van der Waals surface area contributed by atoms with E-state index >= 15 is 0 Å². The topological polar surface area (TPSA) is 96.4 Å². The fraction of sp³-hybridized carbons (Fsp3) is 0.538. The molecule has 1 atom stereocenters. The highest BCUT2D eigenvalue weighted by atomic mass is 19.4. The summed E-state index contributed by atoms with van der Waals surface area (Å²) < 4.78 is 52.9. The van der Waals surface area contributed by atoms with Gasteiger partial charge in [-0.15, -0.1) is 13.2 Å². The van der Waals surface area contributed by atoms with Gasteiger partial charge >= 0.3 is 12.4 Å². The zero-order valence-electron chi connectivity index (χ0n) is 21.7. The molecule has 0 saturated carbocycles. The Labute approximate surface area is 219 Å². The predicted octanol–water partition coefficient (Wildman–Crippen LogP) is 4.19. The Kier molecular flexibility index (Phi) is 8.34. The second kappa shape index (κ2) is 11.3. The first kappa shape index (κ1) is 27.9. The first-order valence-electron chi connectivity index (χ1n) is 12.5. The highest BCUT2D eigenvalue weighted by Crippen LogP contribution is 2.33. The van der Waals surface area contributed by atoms with Gasteiger partial charge in [0.25, 0.3) is 0 Å². The maximum absolute atomic E-state index is 12.8. The molecule has 2 aliphatic rings. The summed E-state index contributed by atoms with van der Waals surface area (Å²) in [6, 6.07) is 8.64. The van der Waals surface area contributed by atoms with Crippen molar-refractivity contribution in [2.24, 2.45) is 0 Å². The molecule has 2 amide bonds. The third-order valence-corrected chi connectivity index (χ3v) is 6.23. The molecule has 0 aliphatic carbocycles. The van der Waals surface area contributed by atoms with Crippen LogP contribution >= 0.6 is 0 Å². The number of nitrogens with one attached hydrogen (secondary N) is 1. The molecule has 1 aromatic carbocycles. The van der Waals surface area contributed by atoms with Crippen LogP contribution in [0.5, 0.6) is 5.88 Å². The third-order valence-electron chi connectivity index (χ3n) is 6.23. The number of ether oxygens (including phenoxy) is 3. The van der Waals surface area contributed by atoms with Crippen LogP contribution in [-0.2, 0) is 9.47 Å². The van der Waals surface area contributed by atoms with Crippen LogP contribution in [0, 0.1) is 6.92 Å². The minimum Gasteiger partial charge on any atom is -0.475 e. The van der Waals surface area contributed by atoms with Crippen molar-refractivity contribution in [3.63, 3.8) is 0 Å². The van der Waals surface area contributed by atoms with E-state index in [-0.39, 0.29) is 26.1 Å². The van der Waals surface area contributed by atoms with Crippen LogP contribution in [0.25, 0.3) is 11.1 Å². The smallest absolute Gasteiger partial charge is 0.475 e. The Morgan fingerprint density at radius 2 is 1.92 bits per heavy atom. The zero-order valence-corrected chi connectivity index (χ0v) is 21.7. The van der Waals surface area contributed by atoms with Crippen molar-refractivity contribution in [2.45, 2.75) is 45.3 Å². The lowest BCUT2D eigenvalue weighted by molar-refractivity contribution is -0.340. The molecule has 1 aromatic heterocycles. The molecule has 2 saturated heterocycles. The molecule has 3 heterocycles. The first-order valence-corrected chi connectivity index (χ1v) is 12.5. The van der Waals surface area contributed by atoms with Gasteiger partial charge in [-0.05, 0) is 62.1 Å². The Hall–Kier alpha value is -3.09. The van der Waals surface area contributed by atoms with Crippen molar-refractivity contribution in [1.82, 2.24) is 9.88 Å². The molecule has 0 spiro atoms. The second-order valence-corrected chi connectivity index (χ2v) is 10.1. The largest absolute Gasteiger partial charge is 0.522 e. The highest BCUT2D eigenvalue weighted by Gasteiger charge is 2.37. The maximum atomic E-state index is 12.8. The number of pyridine rings is 1. The van der Waals surface area contributed by atoms with E-state index in [1.165, 1.54) is 4.90 Å². The lowest BCUT2D eigenvalue weighted by Gasteiger charge is -2.29. The van der Waals surface area contributed by atoms with Crippen molar-refractivity contribution < 1.29 is 37.3 Å². The van der Waals surface area contributed by atoms with Crippen molar-refractivity contribution in [1.29, 1.82) is 0 Å². The molecule has 38 heavy (non-hydrogen) atoms. The van der Waals surface area contributed by atoms with E-state index in [4.69, 9.17) is 9.47 Å². The quantitative estimate of drug-likeness (QED) is 0.546. The number of aryl methyl sites for hydroxylation is 1. The SMILES string of the molecule is Cc1ccc(NC(=O)N2CC[C@@H](OC(F)(F)F)C2)cc1-c1cc(OCC(C)(C)O)nc(N2CCOCC2)c1. The van der Waals surface area contributed by atoms with Gasteiger partial charge in [0.2, 0.25) is 5.88 Å². The molecule has 0 bridgehead atoms. The van der Waals surface area contributed by atoms with E-state index in [1.54, 1.807) is 26.0 Å². The monoisotopic (exact) mass is 538 g/mol. The second-order valence-electron chi connectivity index (χ2n) is 10.1. The van der Waals surface area contributed by atoms with Gasteiger partial charge in [0, 0.05) is 37.9 Å². The van der Waals surface area contributed by atoms with Gasteiger partial charge in [-0.25, -0.2) is 4.79 Å². The third kappa shape index (κ3) is 7.71. The number of urea groups is 1. The molecule has 9 nitrogen and oxygen atoms in total. The average molecular weight is 539 g/mol. The highest BCUT2D eigenvalue weighted by molar-refractivity contribution is 5.90. The predicted molar refractivity (Wildman–Crippen MR) is 135 cm³/mol. The Balaban J connectivity index is 1.55. The molecule has 4 rings (SSSR count). The molecule has 2 aromatic rings. The minimum atomic E-state index is -4.73. The van der Waals surface area contributed by atoms with E-state index in [9.17, 15) is 23.1 Å². The molecule has 12 heteroatoms. The lowest BCUT2D eigenvalue weighted by atomic mass is 10.00. The number of amides is 2. The fourth-order valence-corrected chi connectivity index (χ4v) is 4.34. The van der Waals surface area contributed by atoms with E-state index in [1.807, 2.05) is 25.1 Å². The van der Waals surface area contributed by atoms with E-state index in [2.05, 4.69) is 19.9 Å². The summed E-state index contributed by atoms with van der Waals surface area (Å²) in [5.74, 6) is 1.06. The van der Waals surface area contributed by atoms with E-state index in [0.29, 0.717) is 43.7 Å². The number of alkyl halides is 3. The molecule has 2 aliphatic heterocycles. The van der Waals surface area contributed by atoms with Gasteiger partial charge in [-0.1, -0.05) is 6.07 Å². The van der Waals surface area contributed by atoms with Gasteiger partial charge < -0.3 is 29.7 Å². The molecule has 2 fully saturated rings. The number of rotatable bonds is 7. The van der Waals surface area contributed by atoms with Gasteiger partial charge in [-0.2, -0.15) is 4.98 Å². The molecule has 0 unspecified atom stereocenters. The summed E-state index contributed by atoms with van der Waals surface area (Å²) in [4.78, 5) is 20.8. The van der Waals surface area contributed by atoms with Crippen LogP contribution in [0.2, 0.25) is 0 Å². The minimum absolute atomic E-state index is 0.0516. The molecular formula is C26H33F3N4O5. The van der Waals surface area contributed by atoms with Crippen LogP contribution in [0.15, 0.2) is 30.3 Å². The van der Waals surface area contributed by atoms with Crippen LogP contribution < -0.4 is 15.0 Å². The number of aliphatic hydroxyl groups is 1. The Morgan fingerprint density at radius 3 is 2.61 bits per heavy atom. The Morgan fingerprint density at radius 1 is 1.18 bits per heavy atom. The first-order chi connectivity index (χ1) is 17.9. The van der Waals surface area contributed by atoms with Crippen LogP contribution in [0.1, 0.15) is 25.8 Å². The number of morpholine rings is 1. The maximum Gasteiger partial charge on any atom is 0.522 e. The number of hydrogen-bond donors (Lipinski definition) is 2. The summed E-state index contributed by atoms with van der Waals surface area (Å²) in [7, 11) is 0. The van der Waals surface area contributed by atoms with Gasteiger partial charge in [-0.3, -0.25) is 4.74 Å². The molecule has 2 N–H and O–H groups in total. The number of benzene rings is 1. The van der Waals surface area contributed by atoms with Gasteiger partial charge in [0.15, 0.2) is 0 Å². The fourth-order valence-electron chi connectivity index (χ4n) is 4.34. The van der Waals surface area contributed by atoms with Crippen molar-refractivity contribution in [3.05, 3.63) is 35.9 Å². The number of aromatic nitrogens is 1. The number of likely N-dealkylation sites (tertiary alicyclic amines) is 1. The average Bonchev–Trinajstić information content (AvgIpc) is 3.31. The van der Waals surface area contributed by atoms with Crippen LogP contribution in [0.4, 0.5) is 29.5 Å². The van der Waals surface area contributed by atoms with E-state index in [0.717, 1.165) is 16.7 Å². The number of hydrogen-bond acceptors (Lipinski definition) is 7. The van der Waals surface area contributed by atoms with Crippen LogP contribution in [0.3, 0.4) is 0 Å².